The third kappa shape index (κ3) is 4.90. The van der Waals surface area contributed by atoms with Crippen LogP contribution in [0, 0.1) is 0 Å². The lowest BCUT2D eigenvalue weighted by Gasteiger charge is -2.26. The summed E-state index contributed by atoms with van der Waals surface area (Å²) in [6.07, 6.45) is 6.86. The second-order valence-corrected chi connectivity index (χ2v) is 7.66. The van der Waals surface area contributed by atoms with Crippen LogP contribution in [0.2, 0.25) is 0 Å². The maximum absolute atomic E-state index is 12.5. The Morgan fingerprint density at radius 1 is 1.10 bits per heavy atom. The van der Waals surface area contributed by atoms with E-state index in [1.807, 2.05) is 12.1 Å². The van der Waals surface area contributed by atoms with Crippen molar-refractivity contribution in [3.8, 4) is 11.3 Å². The molecule has 0 amide bonds. The summed E-state index contributed by atoms with van der Waals surface area (Å²) in [7, 11) is 1.77. The number of hydrogen-bond acceptors (Lipinski definition) is 5. The fraction of sp³-hybridized carbons (Fsp3) is 0.348. The van der Waals surface area contributed by atoms with Crippen LogP contribution in [-0.4, -0.2) is 38.6 Å². The van der Waals surface area contributed by atoms with Gasteiger partial charge in [0.15, 0.2) is 0 Å². The van der Waals surface area contributed by atoms with E-state index in [-0.39, 0.29) is 11.6 Å². The largest absolute Gasteiger partial charge is 0.352 e. The molecule has 3 aromatic rings. The smallest absolute Gasteiger partial charge is 0.255 e. The van der Waals surface area contributed by atoms with E-state index < -0.39 is 0 Å². The van der Waals surface area contributed by atoms with Crippen molar-refractivity contribution in [2.24, 2.45) is 7.05 Å². The van der Waals surface area contributed by atoms with Crippen LogP contribution < -0.4 is 10.9 Å². The molecule has 1 N–H and O–H groups in total. The van der Waals surface area contributed by atoms with Crippen LogP contribution in [0.5, 0.6) is 0 Å². The Kier molecular flexibility index (Phi) is 6.00. The van der Waals surface area contributed by atoms with Crippen molar-refractivity contribution in [1.82, 2.24) is 19.4 Å². The molecule has 29 heavy (non-hydrogen) atoms. The number of anilines is 1. The highest BCUT2D eigenvalue weighted by molar-refractivity contribution is 5.59. The van der Waals surface area contributed by atoms with Gasteiger partial charge in [-0.05, 0) is 37.1 Å². The monoisotopic (exact) mass is 389 g/mol. The standard InChI is InChI=1S/C23H27N5O/c1-27-22(29)15-21(19-10-12-24-13-11-19)26-23(27)25-20-9-5-6-14-28(17-20)16-18-7-3-2-4-8-18/h2-4,7-8,10-13,15,20H,5-6,9,14,16-17H2,1H3,(H,25,26)/t20-/m0/s1. The van der Waals surface area contributed by atoms with Gasteiger partial charge in [0.25, 0.3) is 5.56 Å². The summed E-state index contributed by atoms with van der Waals surface area (Å²) < 4.78 is 1.59. The predicted octanol–water partition coefficient (Wildman–Crippen LogP) is 3.31. The fourth-order valence-corrected chi connectivity index (χ4v) is 3.85. The quantitative estimate of drug-likeness (QED) is 0.725. The van der Waals surface area contributed by atoms with Gasteiger partial charge in [0.1, 0.15) is 0 Å². The number of hydrogen-bond donors (Lipinski definition) is 1. The molecule has 1 saturated heterocycles. The van der Waals surface area contributed by atoms with Gasteiger partial charge in [0, 0.05) is 50.2 Å². The van der Waals surface area contributed by atoms with Gasteiger partial charge in [-0.25, -0.2) is 4.98 Å². The lowest BCUT2D eigenvalue weighted by molar-refractivity contribution is 0.269. The van der Waals surface area contributed by atoms with E-state index >= 15 is 0 Å². The molecule has 0 bridgehead atoms. The molecule has 2 aromatic heterocycles. The number of pyridine rings is 1. The minimum Gasteiger partial charge on any atom is -0.352 e. The molecule has 0 unspecified atom stereocenters. The van der Waals surface area contributed by atoms with Gasteiger partial charge in [-0.1, -0.05) is 36.8 Å². The minimum absolute atomic E-state index is 0.0657. The summed E-state index contributed by atoms with van der Waals surface area (Å²) in [6.45, 7) is 2.98. The zero-order valence-electron chi connectivity index (χ0n) is 16.8. The van der Waals surface area contributed by atoms with E-state index in [4.69, 9.17) is 4.98 Å². The van der Waals surface area contributed by atoms with E-state index in [1.165, 1.54) is 18.4 Å². The summed E-state index contributed by atoms with van der Waals surface area (Å²) in [5.74, 6) is 0.621. The molecule has 1 aromatic carbocycles. The Bertz CT molecular complexity index is 987. The minimum atomic E-state index is -0.0657. The van der Waals surface area contributed by atoms with Gasteiger partial charge in [0.05, 0.1) is 5.69 Å². The Hall–Kier alpha value is -2.99. The molecule has 6 heteroatoms. The molecule has 0 saturated carbocycles. The Balaban J connectivity index is 1.53. The first-order chi connectivity index (χ1) is 14.2. The lowest BCUT2D eigenvalue weighted by Crippen LogP contribution is -2.36. The van der Waals surface area contributed by atoms with Crippen molar-refractivity contribution in [2.75, 3.05) is 18.4 Å². The summed E-state index contributed by atoms with van der Waals surface area (Å²) in [4.78, 5) is 23.8. The number of benzene rings is 1. The molecule has 150 valence electrons. The highest BCUT2D eigenvalue weighted by Crippen LogP contribution is 2.19. The summed E-state index contributed by atoms with van der Waals surface area (Å²) >= 11 is 0. The van der Waals surface area contributed by atoms with Gasteiger partial charge in [-0.3, -0.25) is 19.2 Å². The number of rotatable bonds is 5. The van der Waals surface area contributed by atoms with E-state index in [9.17, 15) is 4.79 Å². The van der Waals surface area contributed by atoms with Crippen LogP contribution >= 0.6 is 0 Å². The van der Waals surface area contributed by atoms with Crippen LogP contribution in [0.1, 0.15) is 24.8 Å². The van der Waals surface area contributed by atoms with E-state index in [2.05, 4.69) is 45.5 Å². The molecule has 6 nitrogen and oxygen atoms in total. The average Bonchev–Trinajstić information content (AvgIpc) is 2.97. The topological polar surface area (TPSA) is 63.1 Å². The number of nitrogens with zero attached hydrogens (tertiary/aromatic N) is 4. The third-order valence-electron chi connectivity index (χ3n) is 5.45. The molecule has 3 heterocycles. The van der Waals surface area contributed by atoms with E-state index in [0.717, 1.165) is 31.6 Å². The Morgan fingerprint density at radius 2 is 1.90 bits per heavy atom. The highest BCUT2D eigenvalue weighted by Gasteiger charge is 2.20. The molecule has 1 atom stereocenters. The molecule has 1 aliphatic heterocycles. The van der Waals surface area contributed by atoms with E-state index in [1.54, 1.807) is 30.1 Å². The van der Waals surface area contributed by atoms with Gasteiger partial charge in [-0.2, -0.15) is 0 Å². The number of likely N-dealkylation sites (tertiary alicyclic amines) is 1. The zero-order valence-corrected chi connectivity index (χ0v) is 16.8. The molecule has 1 aliphatic rings. The molecule has 0 radical (unpaired) electrons. The Labute approximate surface area is 171 Å². The summed E-state index contributed by atoms with van der Waals surface area (Å²) in [5, 5.41) is 3.55. The predicted molar refractivity (Wildman–Crippen MR) is 116 cm³/mol. The van der Waals surface area contributed by atoms with Crippen molar-refractivity contribution >= 4 is 5.95 Å². The maximum Gasteiger partial charge on any atom is 0.255 e. The lowest BCUT2D eigenvalue weighted by atomic mass is 10.1. The number of aromatic nitrogens is 3. The summed E-state index contributed by atoms with van der Waals surface area (Å²) in [6, 6.07) is 16.2. The second-order valence-electron chi connectivity index (χ2n) is 7.66. The SMILES string of the molecule is Cn1c(N[C@H]2CCCCN(Cc3ccccc3)C2)nc(-c2ccncc2)cc1=O. The van der Waals surface area contributed by atoms with Gasteiger partial charge in [0.2, 0.25) is 5.95 Å². The fourth-order valence-electron chi connectivity index (χ4n) is 3.85. The van der Waals surface area contributed by atoms with Crippen molar-refractivity contribution in [2.45, 2.75) is 31.8 Å². The molecule has 0 aliphatic carbocycles. The van der Waals surface area contributed by atoms with Gasteiger partial charge in [-0.15, -0.1) is 0 Å². The normalized spacial score (nSPS) is 17.6. The van der Waals surface area contributed by atoms with Crippen molar-refractivity contribution in [1.29, 1.82) is 0 Å². The van der Waals surface area contributed by atoms with Crippen molar-refractivity contribution < 1.29 is 0 Å². The number of nitrogens with one attached hydrogen (secondary N) is 1. The van der Waals surface area contributed by atoms with Crippen molar-refractivity contribution in [3.63, 3.8) is 0 Å². The summed E-state index contributed by atoms with van der Waals surface area (Å²) in [5.41, 5.74) is 2.84. The van der Waals surface area contributed by atoms with Crippen LogP contribution in [-0.2, 0) is 13.6 Å². The highest BCUT2D eigenvalue weighted by atomic mass is 16.1. The van der Waals surface area contributed by atoms with E-state index in [0.29, 0.717) is 11.6 Å². The molecular formula is C23H27N5O. The molecule has 1 fully saturated rings. The van der Waals surface area contributed by atoms with Crippen LogP contribution in [0.3, 0.4) is 0 Å². The first kappa shape index (κ1) is 19.3. The van der Waals surface area contributed by atoms with Gasteiger partial charge >= 0.3 is 0 Å². The van der Waals surface area contributed by atoms with Crippen LogP contribution in [0.25, 0.3) is 11.3 Å². The maximum atomic E-state index is 12.5. The third-order valence-corrected chi connectivity index (χ3v) is 5.45. The Morgan fingerprint density at radius 3 is 2.69 bits per heavy atom. The average molecular weight is 390 g/mol. The molecule has 4 rings (SSSR count). The molecule has 0 spiro atoms. The van der Waals surface area contributed by atoms with Gasteiger partial charge < -0.3 is 5.32 Å². The van der Waals surface area contributed by atoms with Crippen LogP contribution in [0.4, 0.5) is 5.95 Å². The second kappa shape index (κ2) is 9.01. The van der Waals surface area contributed by atoms with Crippen LogP contribution in [0.15, 0.2) is 65.7 Å². The molecular weight excluding hydrogens is 362 g/mol. The first-order valence-electron chi connectivity index (χ1n) is 10.2. The van der Waals surface area contributed by atoms with Crippen molar-refractivity contribution in [3.05, 3.63) is 76.8 Å². The zero-order chi connectivity index (χ0) is 20.1. The first-order valence-corrected chi connectivity index (χ1v) is 10.2.